The first-order valence-corrected chi connectivity index (χ1v) is 7.95. The fourth-order valence-electron chi connectivity index (χ4n) is 2.53. The van der Waals surface area contributed by atoms with Crippen LogP contribution in [0.2, 0.25) is 0 Å². The number of hydrogen-bond donors (Lipinski definition) is 2. The van der Waals surface area contributed by atoms with Gasteiger partial charge < -0.3 is 11.1 Å². The van der Waals surface area contributed by atoms with Gasteiger partial charge in [0, 0.05) is 19.0 Å². The molecule has 23 heavy (non-hydrogen) atoms. The second-order valence-corrected chi connectivity index (χ2v) is 5.36. The van der Waals surface area contributed by atoms with E-state index in [1.165, 1.54) is 11.1 Å². The van der Waals surface area contributed by atoms with E-state index in [2.05, 4.69) is 77.9 Å². The van der Waals surface area contributed by atoms with E-state index in [0.29, 0.717) is 11.9 Å². The maximum absolute atomic E-state index is 5.86. The third-order valence-corrected chi connectivity index (χ3v) is 3.65. The van der Waals surface area contributed by atoms with Gasteiger partial charge in [-0.15, -0.1) is 24.0 Å². The number of guanidine groups is 1. The molecule has 0 amide bonds. The molecule has 3 nitrogen and oxygen atoms in total. The smallest absolute Gasteiger partial charge is 0.188 e. The molecule has 2 rings (SSSR count). The molecular formula is C19H26IN3. The Hall–Kier alpha value is -1.56. The summed E-state index contributed by atoms with van der Waals surface area (Å²) in [5, 5.41) is 3.22. The average molecular weight is 423 g/mol. The van der Waals surface area contributed by atoms with Crippen LogP contribution in [0.3, 0.4) is 0 Å². The van der Waals surface area contributed by atoms with Crippen molar-refractivity contribution in [1.29, 1.82) is 0 Å². The summed E-state index contributed by atoms with van der Waals surface area (Å²) in [5.41, 5.74) is 8.53. The minimum Gasteiger partial charge on any atom is -0.370 e. The quantitative estimate of drug-likeness (QED) is 0.400. The van der Waals surface area contributed by atoms with Crippen LogP contribution in [0, 0.1) is 0 Å². The van der Waals surface area contributed by atoms with Crippen LogP contribution in [0.1, 0.15) is 36.8 Å². The first kappa shape index (κ1) is 19.5. The monoisotopic (exact) mass is 423 g/mol. The predicted octanol–water partition coefficient (Wildman–Crippen LogP) is 4.14. The fraction of sp³-hybridized carbons (Fsp3) is 0.316. The second kappa shape index (κ2) is 11.0. The molecule has 0 radical (unpaired) electrons. The normalized spacial score (nSPS) is 11.1. The Balaban J connectivity index is 0.00000264. The number of aliphatic imine (C=N–C) groups is 1. The Labute approximate surface area is 156 Å². The Bertz CT molecular complexity index is 530. The number of nitrogens with one attached hydrogen (secondary N) is 1. The van der Waals surface area contributed by atoms with E-state index in [1.54, 1.807) is 0 Å². The summed E-state index contributed by atoms with van der Waals surface area (Å²) in [6.45, 7) is 3.69. The van der Waals surface area contributed by atoms with E-state index >= 15 is 0 Å². The van der Waals surface area contributed by atoms with Gasteiger partial charge in [0.15, 0.2) is 5.96 Å². The molecule has 0 aliphatic carbocycles. The topological polar surface area (TPSA) is 50.4 Å². The van der Waals surface area contributed by atoms with Crippen LogP contribution in [0.15, 0.2) is 65.7 Å². The van der Waals surface area contributed by atoms with Gasteiger partial charge in [-0.2, -0.15) is 0 Å². The minimum absolute atomic E-state index is 0. The van der Waals surface area contributed by atoms with Crippen molar-refractivity contribution in [1.82, 2.24) is 5.32 Å². The van der Waals surface area contributed by atoms with E-state index in [4.69, 9.17) is 5.73 Å². The molecule has 0 saturated carbocycles. The molecule has 3 N–H and O–H groups in total. The Morgan fingerprint density at radius 2 is 1.52 bits per heavy atom. The van der Waals surface area contributed by atoms with Crippen molar-refractivity contribution < 1.29 is 0 Å². The molecule has 0 heterocycles. The average Bonchev–Trinajstić information content (AvgIpc) is 2.58. The highest BCUT2D eigenvalue weighted by molar-refractivity contribution is 14.0. The van der Waals surface area contributed by atoms with Crippen molar-refractivity contribution >= 4 is 29.9 Å². The lowest BCUT2D eigenvalue weighted by molar-refractivity contribution is 0.688. The molecule has 0 fully saturated rings. The summed E-state index contributed by atoms with van der Waals surface area (Å²) in [4.78, 5) is 4.27. The van der Waals surface area contributed by atoms with Crippen LogP contribution in [0.25, 0.3) is 0 Å². The molecule has 0 atom stereocenters. The highest BCUT2D eigenvalue weighted by Gasteiger charge is 2.13. The van der Waals surface area contributed by atoms with Crippen LogP contribution in [0.5, 0.6) is 0 Å². The summed E-state index contributed by atoms with van der Waals surface area (Å²) in [6.07, 6.45) is 2.00. The van der Waals surface area contributed by atoms with Crippen LogP contribution in [-0.4, -0.2) is 19.0 Å². The van der Waals surface area contributed by atoms with E-state index < -0.39 is 0 Å². The van der Waals surface area contributed by atoms with Crippen molar-refractivity contribution in [2.24, 2.45) is 10.7 Å². The third-order valence-electron chi connectivity index (χ3n) is 3.65. The third kappa shape index (κ3) is 6.60. The van der Waals surface area contributed by atoms with Gasteiger partial charge in [-0.05, 0) is 24.0 Å². The van der Waals surface area contributed by atoms with Gasteiger partial charge in [-0.25, -0.2) is 0 Å². The maximum Gasteiger partial charge on any atom is 0.188 e. The number of hydrogen-bond acceptors (Lipinski definition) is 1. The summed E-state index contributed by atoms with van der Waals surface area (Å²) >= 11 is 0. The first-order chi connectivity index (χ1) is 10.8. The van der Waals surface area contributed by atoms with Crippen LogP contribution < -0.4 is 11.1 Å². The van der Waals surface area contributed by atoms with E-state index in [9.17, 15) is 0 Å². The summed E-state index contributed by atoms with van der Waals surface area (Å²) in [5.74, 6) is 0.913. The molecule has 0 saturated heterocycles. The van der Waals surface area contributed by atoms with Crippen molar-refractivity contribution in [3.8, 4) is 0 Å². The molecule has 2 aromatic rings. The van der Waals surface area contributed by atoms with Crippen molar-refractivity contribution in [2.45, 2.75) is 25.7 Å². The van der Waals surface area contributed by atoms with Gasteiger partial charge in [0.25, 0.3) is 0 Å². The predicted molar refractivity (Wildman–Crippen MR) is 110 cm³/mol. The summed E-state index contributed by atoms with van der Waals surface area (Å²) < 4.78 is 0. The molecule has 0 aliphatic rings. The molecule has 4 heteroatoms. The molecule has 124 valence electrons. The lowest BCUT2D eigenvalue weighted by Gasteiger charge is -2.18. The number of nitrogens with two attached hydrogens (primary N) is 1. The number of nitrogens with zero attached hydrogens (tertiary/aromatic N) is 1. The van der Waals surface area contributed by atoms with Crippen LogP contribution in [-0.2, 0) is 0 Å². The highest BCUT2D eigenvalue weighted by Crippen LogP contribution is 2.27. The zero-order chi connectivity index (χ0) is 15.6. The molecule has 0 unspecified atom stereocenters. The van der Waals surface area contributed by atoms with Gasteiger partial charge in [0.2, 0.25) is 0 Å². The van der Waals surface area contributed by atoms with Gasteiger partial charge in [0.1, 0.15) is 0 Å². The van der Waals surface area contributed by atoms with Crippen LogP contribution in [0.4, 0.5) is 0 Å². The Morgan fingerprint density at radius 3 is 2.00 bits per heavy atom. The van der Waals surface area contributed by atoms with Gasteiger partial charge in [-0.1, -0.05) is 67.6 Å². The number of benzene rings is 2. The number of halogens is 1. The second-order valence-electron chi connectivity index (χ2n) is 5.36. The van der Waals surface area contributed by atoms with Crippen molar-refractivity contribution in [2.75, 3.05) is 13.1 Å². The van der Waals surface area contributed by atoms with E-state index in [1.807, 2.05) is 0 Å². The molecule has 0 spiro atoms. The Kier molecular flexibility index (Phi) is 9.36. The van der Waals surface area contributed by atoms with Gasteiger partial charge in [0.05, 0.1) is 0 Å². The Morgan fingerprint density at radius 1 is 1.00 bits per heavy atom. The molecular weight excluding hydrogens is 397 g/mol. The summed E-state index contributed by atoms with van der Waals surface area (Å²) in [6, 6.07) is 21.2. The van der Waals surface area contributed by atoms with Crippen molar-refractivity contribution in [3.63, 3.8) is 0 Å². The zero-order valence-electron chi connectivity index (χ0n) is 13.6. The fourth-order valence-corrected chi connectivity index (χ4v) is 2.53. The van der Waals surface area contributed by atoms with Gasteiger partial charge in [-0.3, -0.25) is 4.99 Å². The number of rotatable bonds is 7. The highest BCUT2D eigenvalue weighted by atomic mass is 127. The molecule has 0 aliphatic heterocycles. The van der Waals surface area contributed by atoms with Crippen molar-refractivity contribution in [3.05, 3.63) is 71.8 Å². The SMILES string of the molecule is CCCN=C(N)NCCC(c1ccccc1)c1ccccc1.I. The lowest BCUT2D eigenvalue weighted by Crippen LogP contribution is -2.33. The summed E-state index contributed by atoms with van der Waals surface area (Å²) in [7, 11) is 0. The molecule has 2 aromatic carbocycles. The maximum atomic E-state index is 5.86. The minimum atomic E-state index is 0. The van der Waals surface area contributed by atoms with Gasteiger partial charge >= 0.3 is 0 Å². The largest absolute Gasteiger partial charge is 0.370 e. The van der Waals surface area contributed by atoms with Crippen LogP contribution >= 0.6 is 24.0 Å². The van der Waals surface area contributed by atoms with E-state index in [0.717, 1.165) is 25.9 Å². The molecule has 0 aromatic heterocycles. The molecule has 0 bridgehead atoms. The lowest BCUT2D eigenvalue weighted by atomic mass is 9.88. The zero-order valence-corrected chi connectivity index (χ0v) is 15.9. The van der Waals surface area contributed by atoms with E-state index in [-0.39, 0.29) is 24.0 Å². The standard InChI is InChI=1S/C19H25N3.HI/c1-2-14-21-19(20)22-15-13-18(16-9-5-3-6-10-16)17-11-7-4-8-12-17;/h3-12,18H,2,13-15H2,1H3,(H3,20,21,22);1H. The first-order valence-electron chi connectivity index (χ1n) is 7.95.